The van der Waals surface area contributed by atoms with Crippen molar-refractivity contribution in [2.45, 2.75) is 54.4 Å². The Morgan fingerprint density at radius 1 is 0.727 bits per heavy atom. The van der Waals surface area contributed by atoms with E-state index >= 15 is 0 Å². The molecule has 0 aliphatic heterocycles. The summed E-state index contributed by atoms with van der Waals surface area (Å²) in [6.45, 7) is 10.6. The van der Waals surface area contributed by atoms with Crippen LogP contribution in [0.1, 0.15) is 54.4 Å². The fraction of sp³-hybridized carbons (Fsp3) is 0.812. The number of ether oxygens (including phenoxy) is 3. The molecule has 0 aliphatic carbocycles. The van der Waals surface area contributed by atoms with Crippen LogP contribution in [0.5, 0.6) is 0 Å². The Kier molecular flexibility index (Phi) is 8.12. The smallest absolute Gasteiger partial charge is 0.318 e. The van der Waals surface area contributed by atoms with Gasteiger partial charge in [0, 0.05) is 12.8 Å². The molecule has 0 aromatic rings. The standard InChI is InChI=1S/C16H28O6/c1-7-12(17)20-10-16(6,11-21-13(18)8-2)14(19)22-9-15(3,4)5/h7-11H2,1-6H3. The van der Waals surface area contributed by atoms with Crippen molar-refractivity contribution in [2.24, 2.45) is 10.8 Å². The normalized spacial score (nSPS) is 11.7. The minimum absolute atomic E-state index is 0.181. The molecule has 0 saturated heterocycles. The van der Waals surface area contributed by atoms with E-state index in [9.17, 15) is 14.4 Å². The molecule has 0 spiro atoms. The van der Waals surface area contributed by atoms with Crippen LogP contribution in [0.4, 0.5) is 0 Å². The summed E-state index contributed by atoms with van der Waals surface area (Å²) < 4.78 is 15.4. The van der Waals surface area contributed by atoms with Gasteiger partial charge in [-0.25, -0.2) is 0 Å². The second-order valence-corrected chi connectivity index (χ2v) is 6.73. The summed E-state index contributed by atoms with van der Waals surface area (Å²) in [7, 11) is 0. The molecule has 0 amide bonds. The lowest BCUT2D eigenvalue weighted by Gasteiger charge is -2.28. The zero-order valence-electron chi connectivity index (χ0n) is 14.5. The van der Waals surface area contributed by atoms with Crippen molar-refractivity contribution in [1.82, 2.24) is 0 Å². The molecular formula is C16H28O6. The third kappa shape index (κ3) is 8.00. The number of carbonyl (C=O) groups is 3. The predicted octanol–water partition coefficient (Wildman–Crippen LogP) is 2.49. The summed E-state index contributed by atoms with van der Waals surface area (Å²) in [5.41, 5.74) is -1.39. The van der Waals surface area contributed by atoms with Gasteiger partial charge in [-0.15, -0.1) is 0 Å². The summed E-state index contributed by atoms with van der Waals surface area (Å²) >= 11 is 0. The first-order chi connectivity index (χ1) is 10.0. The van der Waals surface area contributed by atoms with Crippen molar-refractivity contribution >= 4 is 17.9 Å². The van der Waals surface area contributed by atoms with Crippen LogP contribution in [-0.2, 0) is 28.6 Å². The molecule has 0 atom stereocenters. The molecule has 0 rings (SSSR count). The Balaban J connectivity index is 4.84. The maximum Gasteiger partial charge on any atom is 0.318 e. The fourth-order valence-electron chi connectivity index (χ4n) is 1.30. The first kappa shape index (κ1) is 20.4. The van der Waals surface area contributed by atoms with Crippen LogP contribution in [0, 0.1) is 10.8 Å². The molecule has 0 aromatic heterocycles. The Labute approximate surface area is 132 Å². The molecule has 128 valence electrons. The number of esters is 3. The Morgan fingerprint density at radius 2 is 1.14 bits per heavy atom. The second-order valence-electron chi connectivity index (χ2n) is 6.73. The van der Waals surface area contributed by atoms with Crippen molar-refractivity contribution in [3.8, 4) is 0 Å². The average Bonchev–Trinajstić information content (AvgIpc) is 2.46. The van der Waals surface area contributed by atoms with E-state index in [-0.39, 0.29) is 38.1 Å². The van der Waals surface area contributed by atoms with E-state index in [4.69, 9.17) is 14.2 Å². The van der Waals surface area contributed by atoms with Crippen LogP contribution >= 0.6 is 0 Å². The van der Waals surface area contributed by atoms with E-state index in [1.54, 1.807) is 20.8 Å². The largest absolute Gasteiger partial charge is 0.465 e. The molecule has 0 saturated carbocycles. The summed E-state index contributed by atoms with van der Waals surface area (Å²) in [6.07, 6.45) is 0.420. The highest BCUT2D eigenvalue weighted by Gasteiger charge is 2.39. The summed E-state index contributed by atoms with van der Waals surface area (Å²) in [5.74, 6) is -1.39. The Bertz CT molecular complexity index is 374. The van der Waals surface area contributed by atoms with Gasteiger partial charge in [0.05, 0.1) is 6.61 Å². The SMILES string of the molecule is CCC(=O)OCC(C)(COC(=O)CC)C(=O)OCC(C)(C)C. The van der Waals surface area contributed by atoms with Crippen molar-refractivity contribution < 1.29 is 28.6 Å². The minimum atomic E-state index is -1.21. The molecule has 0 unspecified atom stereocenters. The minimum Gasteiger partial charge on any atom is -0.465 e. The zero-order valence-corrected chi connectivity index (χ0v) is 14.5. The van der Waals surface area contributed by atoms with E-state index in [0.29, 0.717) is 0 Å². The molecule has 6 heteroatoms. The van der Waals surface area contributed by atoms with Gasteiger partial charge in [-0.05, 0) is 12.3 Å². The van der Waals surface area contributed by atoms with Crippen LogP contribution in [0.3, 0.4) is 0 Å². The average molecular weight is 316 g/mol. The summed E-state index contributed by atoms with van der Waals surface area (Å²) in [5, 5.41) is 0. The lowest BCUT2D eigenvalue weighted by Crippen LogP contribution is -2.41. The van der Waals surface area contributed by atoms with Crippen LogP contribution in [0.15, 0.2) is 0 Å². The molecule has 0 heterocycles. The zero-order chi connectivity index (χ0) is 17.4. The first-order valence-corrected chi connectivity index (χ1v) is 7.52. The van der Waals surface area contributed by atoms with Gasteiger partial charge in [-0.1, -0.05) is 34.6 Å². The quantitative estimate of drug-likeness (QED) is 0.505. The molecule has 0 fully saturated rings. The van der Waals surface area contributed by atoms with Gasteiger partial charge in [0.25, 0.3) is 0 Å². The molecule has 0 N–H and O–H groups in total. The molecule has 0 bridgehead atoms. The molecule has 0 aromatic carbocycles. The molecule has 6 nitrogen and oxygen atoms in total. The Morgan fingerprint density at radius 3 is 1.45 bits per heavy atom. The molecule has 0 radical (unpaired) electrons. The van der Waals surface area contributed by atoms with Crippen LogP contribution in [-0.4, -0.2) is 37.7 Å². The number of carbonyl (C=O) groups excluding carboxylic acids is 3. The predicted molar refractivity (Wildman–Crippen MR) is 81.0 cm³/mol. The number of rotatable bonds is 8. The highest BCUT2D eigenvalue weighted by Crippen LogP contribution is 2.23. The van der Waals surface area contributed by atoms with Gasteiger partial charge >= 0.3 is 17.9 Å². The van der Waals surface area contributed by atoms with E-state index in [2.05, 4.69) is 0 Å². The van der Waals surface area contributed by atoms with Gasteiger partial charge in [0.2, 0.25) is 0 Å². The fourth-order valence-corrected chi connectivity index (χ4v) is 1.30. The van der Waals surface area contributed by atoms with E-state index < -0.39 is 23.3 Å². The third-order valence-electron chi connectivity index (χ3n) is 2.81. The monoisotopic (exact) mass is 316 g/mol. The first-order valence-electron chi connectivity index (χ1n) is 7.52. The molecule has 22 heavy (non-hydrogen) atoms. The topological polar surface area (TPSA) is 78.9 Å². The van der Waals surface area contributed by atoms with Gasteiger partial charge in [-0.3, -0.25) is 14.4 Å². The third-order valence-corrected chi connectivity index (χ3v) is 2.81. The van der Waals surface area contributed by atoms with Crippen molar-refractivity contribution in [1.29, 1.82) is 0 Å². The molecule has 0 aliphatic rings. The van der Waals surface area contributed by atoms with Gasteiger partial charge in [0.1, 0.15) is 18.6 Å². The van der Waals surface area contributed by atoms with Gasteiger partial charge in [0.15, 0.2) is 0 Å². The van der Waals surface area contributed by atoms with E-state index in [0.717, 1.165) is 0 Å². The number of hydrogen-bond acceptors (Lipinski definition) is 6. The number of hydrogen-bond donors (Lipinski definition) is 0. The second kappa shape index (κ2) is 8.76. The Hall–Kier alpha value is -1.59. The highest BCUT2D eigenvalue weighted by atomic mass is 16.6. The maximum atomic E-state index is 12.3. The van der Waals surface area contributed by atoms with Crippen LogP contribution in [0.2, 0.25) is 0 Å². The van der Waals surface area contributed by atoms with E-state index in [1.165, 1.54) is 0 Å². The highest BCUT2D eigenvalue weighted by molar-refractivity contribution is 5.78. The molecular weight excluding hydrogens is 288 g/mol. The van der Waals surface area contributed by atoms with Gasteiger partial charge < -0.3 is 14.2 Å². The maximum absolute atomic E-state index is 12.3. The van der Waals surface area contributed by atoms with Gasteiger partial charge in [-0.2, -0.15) is 0 Å². The van der Waals surface area contributed by atoms with E-state index in [1.807, 2.05) is 20.8 Å². The van der Waals surface area contributed by atoms with Crippen molar-refractivity contribution in [2.75, 3.05) is 19.8 Å². The van der Waals surface area contributed by atoms with Crippen molar-refractivity contribution in [3.05, 3.63) is 0 Å². The summed E-state index contributed by atoms with van der Waals surface area (Å²) in [4.78, 5) is 34.9. The van der Waals surface area contributed by atoms with Crippen LogP contribution in [0.25, 0.3) is 0 Å². The van der Waals surface area contributed by atoms with Crippen LogP contribution < -0.4 is 0 Å². The summed E-state index contributed by atoms with van der Waals surface area (Å²) in [6, 6.07) is 0. The lowest BCUT2D eigenvalue weighted by atomic mass is 9.92. The van der Waals surface area contributed by atoms with Crippen molar-refractivity contribution in [3.63, 3.8) is 0 Å². The lowest BCUT2D eigenvalue weighted by molar-refractivity contribution is -0.171.